The van der Waals surface area contributed by atoms with Crippen LogP contribution in [0.15, 0.2) is 73.1 Å². The smallest absolute Gasteiger partial charge is 0.419 e. The number of ether oxygens (including phenoxy) is 1. The molecule has 0 spiro atoms. The molecule has 0 aliphatic carbocycles. The molecule has 5 amide bonds. The number of benzene rings is 3. The molecule has 1 atom stereocenters. The van der Waals surface area contributed by atoms with E-state index in [1.165, 1.54) is 57.4 Å². The third-order valence-electron chi connectivity index (χ3n) is 10.6. The van der Waals surface area contributed by atoms with Crippen LogP contribution in [-0.4, -0.2) is 133 Å². The van der Waals surface area contributed by atoms with Crippen LogP contribution in [0.5, 0.6) is 0 Å². The largest absolute Gasteiger partial charge is 0.477 e. The summed E-state index contributed by atoms with van der Waals surface area (Å²) in [6.07, 6.45) is 2.20. The molecular weight excluding hydrogens is 860 g/mol. The third kappa shape index (κ3) is 9.78. The number of halogens is 1. The summed E-state index contributed by atoms with van der Waals surface area (Å²) in [7, 11) is -3.22. The van der Waals surface area contributed by atoms with Crippen LogP contribution in [0.3, 0.4) is 0 Å². The number of aromatic carboxylic acids is 1. The SMILES string of the molecule is CC(C)(C)OC(=O)n1c(C(=O)O)cc2cc(NC(=O)C(Cc3ccc(NC(=O)N4CCC(S(C)(=O)=O)CC4)cc3)N3CCN(c4cc(Cl)ccc4-n4cnnn4)C(=O)C3=O)ccc21. The number of urea groups is 1. The lowest BCUT2D eigenvalue weighted by Gasteiger charge is -2.38. The van der Waals surface area contributed by atoms with E-state index in [1.54, 1.807) is 62.1 Å². The van der Waals surface area contributed by atoms with E-state index in [1.807, 2.05) is 0 Å². The average Bonchev–Trinajstić information content (AvgIpc) is 3.90. The molecule has 0 bridgehead atoms. The maximum absolute atomic E-state index is 14.4. The van der Waals surface area contributed by atoms with Gasteiger partial charge < -0.3 is 35.2 Å². The molecule has 5 aromatic rings. The van der Waals surface area contributed by atoms with Gasteiger partial charge in [-0.3, -0.25) is 14.4 Å². The molecule has 4 heterocycles. The molecule has 2 aromatic heterocycles. The van der Waals surface area contributed by atoms with Gasteiger partial charge in [-0.05, 0) is 104 Å². The summed E-state index contributed by atoms with van der Waals surface area (Å²) >= 11 is 6.32. The Morgan fingerprint density at radius 3 is 2.22 bits per heavy atom. The number of hydrogen-bond acceptors (Lipinski definition) is 12. The quantitative estimate of drug-likeness (QED) is 0.166. The van der Waals surface area contributed by atoms with Gasteiger partial charge in [-0.2, -0.15) is 4.68 Å². The number of tetrazole rings is 1. The van der Waals surface area contributed by atoms with Crippen LogP contribution >= 0.6 is 11.6 Å². The number of carboxylic acid groups (broad SMARTS) is 1. The van der Waals surface area contributed by atoms with E-state index in [2.05, 4.69) is 26.2 Å². The molecule has 3 N–H and O–H groups in total. The third-order valence-corrected chi connectivity index (χ3v) is 12.5. The van der Waals surface area contributed by atoms with Crippen LogP contribution in [0.1, 0.15) is 49.7 Å². The number of likely N-dealkylation sites (tertiary alicyclic amines) is 1. The number of anilines is 3. The van der Waals surface area contributed by atoms with Gasteiger partial charge in [0.2, 0.25) is 5.91 Å². The van der Waals surface area contributed by atoms with Gasteiger partial charge in [0.15, 0.2) is 0 Å². The maximum atomic E-state index is 14.4. The predicted octanol–water partition coefficient (Wildman–Crippen LogP) is 4.22. The Morgan fingerprint density at radius 2 is 1.59 bits per heavy atom. The van der Waals surface area contributed by atoms with E-state index in [4.69, 9.17) is 16.3 Å². The van der Waals surface area contributed by atoms with Crippen molar-refractivity contribution in [1.29, 1.82) is 0 Å². The van der Waals surface area contributed by atoms with Crippen LogP contribution < -0.4 is 15.5 Å². The Balaban J connectivity index is 1.14. The summed E-state index contributed by atoms with van der Waals surface area (Å²) in [5.41, 5.74) is 0.772. The summed E-state index contributed by atoms with van der Waals surface area (Å²) in [5.74, 6) is -3.99. The Hall–Kier alpha value is -6.87. The topological polar surface area (TPSA) is 248 Å². The van der Waals surface area contributed by atoms with Crippen LogP contribution in [0.4, 0.5) is 26.7 Å². The number of sulfone groups is 1. The molecule has 63 heavy (non-hydrogen) atoms. The average molecular weight is 903 g/mol. The second kappa shape index (κ2) is 17.5. The summed E-state index contributed by atoms with van der Waals surface area (Å²) < 4.78 is 31.6. The summed E-state index contributed by atoms with van der Waals surface area (Å²) in [6, 6.07) is 15.3. The molecule has 2 fully saturated rings. The molecule has 7 rings (SSSR count). The van der Waals surface area contributed by atoms with E-state index < -0.39 is 62.5 Å². The van der Waals surface area contributed by atoms with Crippen molar-refractivity contribution in [1.82, 2.24) is 34.6 Å². The molecule has 330 valence electrons. The summed E-state index contributed by atoms with van der Waals surface area (Å²) in [4.78, 5) is 84.7. The second-order valence-electron chi connectivity index (χ2n) is 16.1. The molecule has 22 heteroatoms. The molecular formula is C41H43ClN10O10S. The number of piperidine rings is 1. The van der Waals surface area contributed by atoms with E-state index in [0.717, 1.165) is 4.57 Å². The van der Waals surface area contributed by atoms with E-state index in [0.29, 0.717) is 35.2 Å². The van der Waals surface area contributed by atoms with Crippen molar-refractivity contribution in [2.45, 2.75) is 56.9 Å². The maximum Gasteiger partial charge on any atom is 0.419 e. The minimum atomic E-state index is -3.22. The highest BCUT2D eigenvalue weighted by atomic mass is 35.5. The van der Waals surface area contributed by atoms with Gasteiger partial charge >= 0.3 is 29.9 Å². The monoisotopic (exact) mass is 902 g/mol. The van der Waals surface area contributed by atoms with Crippen molar-refractivity contribution in [3.63, 3.8) is 0 Å². The van der Waals surface area contributed by atoms with Gasteiger partial charge in [0.25, 0.3) is 0 Å². The highest BCUT2D eigenvalue weighted by molar-refractivity contribution is 7.91. The van der Waals surface area contributed by atoms with Gasteiger partial charge in [0.05, 0.1) is 22.1 Å². The Bertz CT molecular complexity index is 2730. The summed E-state index contributed by atoms with van der Waals surface area (Å²) in [6.45, 7) is 5.36. The number of fused-ring (bicyclic) bond motifs is 1. The van der Waals surface area contributed by atoms with E-state index >= 15 is 0 Å². The molecule has 0 saturated carbocycles. The first-order valence-electron chi connectivity index (χ1n) is 19.7. The number of carbonyl (C=O) groups excluding carboxylic acids is 5. The number of aromatic nitrogens is 5. The Morgan fingerprint density at radius 1 is 0.889 bits per heavy atom. The standard InChI is InChI=1S/C41H43ClN10O10S/c1-41(2,3)62-40(59)52-30-12-10-28(20-25(30)21-34(52)38(56)57)44-35(53)33(19-24-5-8-27(9-6-24)45-39(58)48-15-13-29(14-16-48)63(4,60)61)50-18-17-49(36(54)37(50)55)32-22-26(42)7-11-31(32)51-23-43-46-47-51/h5-12,20-23,29,33H,13-19H2,1-4H3,(H,44,53)(H,45,58)(H,56,57). The van der Waals surface area contributed by atoms with E-state index in [-0.39, 0.29) is 60.2 Å². The highest BCUT2D eigenvalue weighted by Crippen LogP contribution is 2.31. The molecule has 2 aliphatic heterocycles. The number of nitrogens with zero attached hydrogens (tertiary/aromatic N) is 8. The predicted molar refractivity (Wildman–Crippen MR) is 230 cm³/mol. The number of hydrogen-bond donors (Lipinski definition) is 3. The number of rotatable bonds is 10. The van der Waals surface area contributed by atoms with Crippen molar-refractivity contribution in [3.05, 3.63) is 89.3 Å². The first-order valence-corrected chi connectivity index (χ1v) is 22.0. The zero-order valence-electron chi connectivity index (χ0n) is 34.5. The van der Waals surface area contributed by atoms with Crippen molar-refractivity contribution in [3.8, 4) is 5.69 Å². The molecule has 0 radical (unpaired) electrons. The van der Waals surface area contributed by atoms with Gasteiger partial charge in [-0.25, -0.2) is 27.4 Å². The van der Waals surface area contributed by atoms with Crippen LogP contribution in [0.2, 0.25) is 5.02 Å². The number of nitrogens with one attached hydrogen (secondary N) is 2. The molecule has 3 aromatic carbocycles. The zero-order valence-corrected chi connectivity index (χ0v) is 36.1. The molecule has 2 saturated heterocycles. The fraction of sp³-hybridized carbons (Fsp3) is 0.341. The summed E-state index contributed by atoms with van der Waals surface area (Å²) in [5, 5.41) is 26.9. The number of carbonyl (C=O) groups is 6. The first-order chi connectivity index (χ1) is 29.8. The van der Waals surface area contributed by atoms with Crippen molar-refractivity contribution in [2.75, 3.05) is 48.0 Å². The van der Waals surface area contributed by atoms with Crippen molar-refractivity contribution in [2.24, 2.45) is 0 Å². The fourth-order valence-electron chi connectivity index (χ4n) is 7.52. The van der Waals surface area contributed by atoms with Crippen molar-refractivity contribution < 1.29 is 47.0 Å². The molecule has 20 nitrogen and oxygen atoms in total. The lowest BCUT2D eigenvalue weighted by Crippen LogP contribution is -2.60. The minimum Gasteiger partial charge on any atom is -0.477 e. The van der Waals surface area contributed by atoms with Gasteiger partial charge in [-0.15, -0.1) is 5.10 Å². The Kier molecular flexibility index (Phi) is 12.3. The number of amides is 5. The molecule has 1 unspecified atom stereocenters. The van der Waals surface area contributed by atoms with Crippen LogP contribution in [-0.2, 0) is 35.4 Å². The lowest BCUT2D eigenvalue weighted by molar-refractivity contribution is -0.149. The lowest BCUT2D eigenvalue weighted by atomic mass is 10.0. The zero-order chi connectivity index (χ0) is 45.4. The van der Waals surface area contributed by atoms with Gasteiger partial charge in [-0.1, -0.05) is 23.7 Å². The van der Waals surface area contributed by atoms with Gasteiger partial charge in [0, 0.05) is 60.6 Å². The number of piperazine rings is 1. The molecule has 2 aliphatic rings. The first kappa shape index (κ1) is 44.2. The Labute approximate surface area is 365 Å². The fourth-order valence-corrected chi connectivity index (χ4v) is 8.75. The highest BCUT2D eigenvalue weighted by Gasteiger charge is 2.41. The van der Waals surface area contributed by atoms with Gasteiger partial charge in [0.1, 0.15) is 33.5 Å². The second-order valence-corrected chi connectivity index (χ2v) is 18.9. The number of carboxylic acids is 1. The van der Waals surface area contributed by atoms with Crippen molar-refractivity contribution >= 4 is 85.2 Å². The van der Waals surface area contributed by atoms with Crippen LogP contribution in [0.25, 0.3) is 16.6 Å². The van der Waals surface area contributed by atoms with Crippen LogP contribution in [0, 0.1) is 0 Å². The normalized spacial score (nSPS) is 15.7. The van der Waals surface area contributed by atoms with E-state index in [9.17, 15) is 42.3 Å². The minimum absolute atomic E-state index is 0.0433.